The van der Waals surface area contributed by atoms with Crippen LogP contribution in [0.1, 0.15) is 12.5 Å². The SMILES string of the molecule is CC(/C=N\Nc1cn[nH]c(=O)c1Br)=C\c1ccccc1. The molecule has 0 bridgehead atoms. The largest absolute Gasteiger partial charge is 0.280 e. The summed E-state index contributed by atoms with van der Waals surface area (Å²) in [7, 11) is 0. The molecule has 0 aliphatic rings. The number of nitrogens with one attached hydrogen (secondary N) is 2. The number of aromatic amines is 1. The Morgan fingerprint density at radius 1 is 1.40 bits per heavy atom. The first-order chi connectivity index (χ1) is 9.66. The predicted octanol–water partition coefficient (Wildman–Crippen LogP) is 3.03. The normalized spacial score (nSPS) is 11.8. The van der Waals surface area contributed by atoms with Crippen molar-refractivity contribution in [2.75, 3.05) is 5.43 Å². The van der Waals surface area contributed by atoms with Crippen LogP contribution in [0.5, 0.6) is 0 Å². The van der Waals surface area contributed by atoms with Crippen molar-refractivity contribution in [2.24, 2.45) is 5.10 Å². The molecule has 1 heterocycles. The molecule has 0 atom stereocenters. The molecule has 0 radical (unpaired) electrons. The second kappa shape index (κ2) is 6.81. The topological polar surface area (TPSA) is 70.1 Å². The van der Waals surface area contributed by atoms with E-state index in [1.165, 1.54) is 6.20 Å². The number of allylic oxidation sites excluding steroid dienone is 1. The molecule has 6 heteroatoms. The third-order valence-electron chi connectivity index (χ3n) is 2.44. The summed E-state index contributed by atoms with van der Waals surface area (Å²) in [6.07, 6.45) is 5.18. The third kappa shape index (κ3) is 3.89. The van der Waals surface area contributed by atoms with E-state index in [1.807, 2.05) is 43.3 Å². The number of rotatable bonds is 4. The van der Waals surface area contributed by atoms with E-state index in [-0.39, 0.29) is 5.56 Å². The van der Waals surface area contributed by atoms with E-state index in [2.05, 4.69) is 36.7 Å². The first-order valence-electron chi connectivity index (χ1n) is 5.92. The Bertz CT molecular complexity index is 692. The molecule has 20 heavy (non-hydrogen) atoms. The van der Waals surface area contributed by atoms with Crippen LogP contribution in [0.3, 0.4) is 0 Å². The van der Waals surface area contributed by atoms with Gasteiger partial charge in [0.1, 0.15) is 4.47 Å². The maximum atomic E-state index is 11.3. The summed E-state index contributed by atoms with van der Waals surface area (Å²) in [6.45, 7) is 1.95. The van der Waals surface area contributed by atoms with Gasteiger partial charge in [0.15, 0.2) is 0 Å². The fraction of sp³-hybridized carbons (Fsp3) is 0.0714. The van der Waals surface area contributed by atoms with Gasteiger partial charge in [-0.3, -0.25) is 10.2 Å². The number of hydrogen-bond acceptors (Lipinski definition) is 4. The zero-order chi connectivity index (χ0) is 14.4. The zero-order valence-corrected chi connectivity index (χ0v) is 12.4. The molecule has 0 unspecified atom stereocenters. The summed E-state index contributed by atoms with van der Waals surface area (Å²) in [6, 6.07) is 9.96. The molecule has 0 fully saturated rings. The number of hydrazone groups is 1. The van der Waals surface area contributed by atoms with E-state index in [9.17, 15) is 4.79 Å². The van der Waals surface area contributed by atoms with Gasteiger partial charge in [0, 0.05) is 0 Å². The van der Waals surface area contributed by atoms with E-state index in [4.69, 9.17) is 0 Å². The van der Waals surface area contributed by atoms with Gasteiger partial charge < -0.3 is 0 Å². The summed E-state index contributed by atoms with van der Waals surface area (Å²) in [5.74, 6) is 0. The molecule has 0 amide bonds. The van der Waals surface area contributed by atoms with Crippen molar-refractivity contribution in [1.82, 2.24) is 10.2 Å². The lowest BCUT2D eigenvalue weighted by atomic mass is 10.1. The van der Waals surface area contributed by atoms with Gasteiger partial charge in [-0.1, -0.05) is 36.4 Å². The Kier molecular flexibility index (Phi) is 4.84. The van der Waals surface area contributed by atoms with E-state index in [1.54, 1.807) is 6.21 Å². The molecule has 0 aliphatic heterocycles. The summed E-state index contributed by atoms with van der Waals surface area (Å²) < 4.78 is 0.370. The molecule has 102 valence electrons. The fourth-order valence-electron chi connectivity index (χ4n) is 1.51. The first kappa shape index (κ1) is 14.2. The fourth-order valence-corrected chi connectivity index (χ4v) is 1.79. The molecule has 2 aromatic rings. The molecule has 5 nitrogen and oxygen atoms in total. The Morgan fingerprint density at radius 2 is 2.15 bits per heavy atom. The van der Waals surface area contributed by atoms with Gasteiger partial charge in [-0.25, -0.2) is 5.10 Å². The van der Waals surface area contributed by atoms with Crippen molar-refractivity contribution in [3.63, 3.8) is 0 Å². The van der Waals surface area contributed by atoms with Crippen molar-refractivity contribution in [3.05, 3.63) is 62.5 Å². The zero-order valence-electron chi connectivity index (χ0n) is 10.8. The van der Waals surface area contributed by atoms with Crippen LogP contribution in [0.4, 0.5) is 5.69 Å². The maximum absolute atomic E-state index is 11.3. The van der Waals surface area contributed by atoms with Crippen LogP contribution in [0.25, 0.3) is 6.08 Å². The number of aromatic nitrogens is 2. The molecule has 0 aliphatic carbocycles. The molecule has 0 spiro atoms. The van der Waals surface area contributed by atoms with Crippen LogP contribution in [0.15, 0.2) is 56.5 Å². The standard InChI is InChI=1S/C14H13BrN4O/c1-10(7-11-5-3-2-4-6-11)8-16-18-12-9-17-19-14(20)13(12)15/h2-9H,1H3,(H2,18,19,20)/b10-7+,16-8-. The molecule has 0 saturated carbocycles. The highest BCUT2D eigenvalue weighted by molar-refractivity contribution is 9.10. The van der Waals surface area contributed by atoms with Gasteiger partial charge >= 0.3 is 0 Å². The quantitative estimate of drug-likeness (QED) is 0.667. The van der Waals surface area contributed by atoms with Crippen molar-refractivity contribution < 1.29 is 0 Å². The number of hydrogen-bond donors (Lipinski definition) is 2. The summed E-state index contributed by atoms with van der Waals surface area (Å²) in [5.41, 5.74) is 5.07. The average molecular weight is 333 g/mol. The monoisotopic (exact) mass is 332 g/mol. The van der Waals surface area contributed by atoms with E-state index < -0.39 is 0 Å². The van der Waals surface area contributed by atoms with Crippen LogP contribution in [0, 0.1) is 0 Å². The highest BCUT2D eigenvalue weighted by atomic mass is 79.9. The number of H-pyrrole nitrogens is 1. The number of halogens is 1. The summed E-state index contributed by atoms with van der Waals surface area (Å²) in [5, 5.41) is 10.1. The molecule has 1 aromatic heterocycles. The highest BCUT2D eigenvalue weighted by Gasteiger charge is 2.01. The van der Waals surface area contributed by atoms with Crippen LogP contribution in [-0.2, 0) is 0 Å². The van der Waals surface area contributed by atoms with Crippen molar-refractivity contribution in [1.29, 1.82) is 0 Å². The Hall–Kier alpha value is -2.21. The lowest BCUT2D eigenvalue weighted by Crippen LogP contribution is -2.10. The highest BCUT2D eigenvalue weighted by Crippen LogP contribution is 2.14. The molecule has 2 N–H and O–H groups in total. The van der Waals surface area contributed by atoms with Crippen molar-refractivity contribution >= 4 is 33.9 Å². The maximum Gasteiger partial charge on any atom is 0.280 e. The van der Waals surface area contributed by atoms with Gasteiger partial charge in [0.25, 0.3) is 5.56 Å². The van der Waals surface area contributed by atoms with Crippen LogP contribution in [0.2, 0.25) is 0 Å². The van der Waals surface area contributed by atoms with Crippen LogP contribution in [-0.4, -0.2) is 16.4 Å². The number of benzene rings is 1. The molecule has 1 aromatic carbocycles. The Morgan fingerprint density at radius 3 is 2.90 bits per heavy atom. The Labute approximate surface area is 124 Å². The predicted molar refractivity (Wildman–Crippen MR) is 84.8 cm³/mol. The van der Waals surface area contributed by atoms with Gasteiger partial charge in [0.2, 0.25) is 0 Å². The van der Waals surface area contributed by atoms with Gasteiger partial charge in [0.05, 0.1) is 18.1 Å². The van der Waals surface area contributed by atoms with Crippen LogP contribution < -0.4 is 11.0 Å². The number of nitrogens with zero attached hydrogens (tertiary/aromatic N) is 2. The number of anilines is 1. The minimum atomic E-state index is -0.304. The summed E-state index contributed by atoms with van der Waals surface area (Å²) >= 11 is 3.17. The summed E-state index contributed by atoms with van der Waals surface area (Å²) in [4.78, 5) is 11.3. The lowest BCUT2D eigenvalue weighted by Gasteiger charge is -2.00. The Balaban J connectivity index is 2.05. The smallest absolute Gasteiger partial charge is 0.276 e. The van der Waals surface area contributed by atoms with Crippen molar-refractivity contribution in [3.8, 4) is 0 Å². The van der Waals surface area contributed by atoms with E-state index in [0.717, 1.165) is 11.1 Å². The molecule has 0 saturated heterocycles. The second-order valence-corrected chi connectivity index (χ2v) is 4.89. The van der Waals surface area contributed by atoms with E-state index >= 15 is 0 Å². The lowest BCUT2D eigenvalue weighted by molar-refractivity contribution is 0.977. The van der Waals surface area contributed by atoms with Gasteiger partial charge in [-0.15, -0.1) is 0 Å². The average Bonchev–Trinajstić information content (AvgIpc) is 2.44. The second-order valence-electron chi connectivity index (χ2n) is 4.10. The third-order valence-corrected chi connectivity index (χ3v) is 3.23. The first-order valence-corrected chi connectivity index (χ1v) is 6.72. The van der Waals surface area contributed by atoms with Crippen molar-refractivity contribution in [2.45, 2.75) is 6.92 Å². The van der Waals surface area contributed by atoms with Gasteiger partial charge in [-0.05, 0) is 34.0 Å². The minimum Gasteiger partial charge on any atom is -0.276 e. The van der Waals surface area contributed by atoms with Crippen LogP contribution >= 0.6 is 15.9 Å². The molecular formula is C14H13BrN4O. The van der Waals surface area contributed by atoms with E-state index in [0.29, 0.717) is 10.2 Å². The molecular weight excluding hydrogens is 320 g/mol. The van der Waals surface area contributed by atoms with Gasteiger partial charge in [-0.2, -0.15) is 10.2 Å². The minimum absolute atomic E-state index is 0.304. The molecule has 2 rings (SSSR count).